The highest BCUT2D eigenvalue weighted by Gasteiger charge is 2.10. The molecule has 2 rings (SSSR count). The van der Waals surface area contributed by atoms with Crippen molar-refractivity contribution in [2.24, 2.45) is 0 Å². The van der Waals surface area contributed by atoms with Crippen molar-refractivity contribution in [2.75, 3.05) is 18.4 Å². The molecule has 1 amide bonds. The zero-order valence-electron chi connectivity index (χ0n) is 12.5. The molecule has 1 aromatic carbocycles. The Morgan fingerprint density at radius 1 is 1.23 bits per heavy atom. The minimum Gasteiger partial charge on any atom is -0.369 e. The van der Waals surface area contributed by atoms with Gasteiger partial charge in [-0.25, -0.2) is 4.98 Å². The van der Waals surface area contributed by atoms with Crippen LogP contribution in [0.2, 0.25) is 0 Å². The lowest BCUT2D eigenvalue weighted by Gasteiger charge is -2.11. The second-order valence-electron chi connectivity index (χ2n) is 4.82. The van der Waals surface area contributed by atoms with Gasteiger partial charge in [-0.2, -0.15) is 5.26 Å². The minimum absolute atomic E-state index is 0.0399. The quantitative estimate of drug-likeness (QED) is 0.803. The van der Waals surface area contributed by atoms with E-state index in [-0.39, 0.29) is 5.91 Å². The van der Waals surface area contributed by atoms with Gasteiger partial charge in [0, 0.05) is 31.8 Å². The fourth-order valence-electron chi connectivity index (χ4n) is 2.13. The van der Waals surface area contributed by atoms with Gasteiger partial charge in [0.25, 0.3) is 0 Å². The van der Waals surface area contributed by atoms with Crippen molar-refractivity contribution >= 4 is 11.7 Å². The first-order valence-electron chi connectivity index (χ1n) is 7.15. The molecular weight excluding hydrogens is 276 g/mol. The molecule has 0 fully saturated rings. The molecule has 112 valence electrons. The van der Waals surface area contributed by atoms with Crippen molar-refractivity contribution in [3.63, 3.8) is 0 Å². The molecule has 2 aromatic rings. The van der Waals surface area contributed by atoms with Crippen LogP contribution in [0.4, 0.5) is 5.82 Å². The van der Waals surface area contributed by atoms with Crippen LogP contribution in [-0.2, 0) is 4.79 Å². The number of nitriles is 1. The van der Waals surface area contributed by atoms with Crippen molar-refractivity contribution in [3.05, 3.63) is 48.2 Å². The van der Waals surface area contributed by atoms with Crippen LogP contribution in [0, 0.1) is 11.3 Å². The Bertz CT molecular complexity index is 677. The van der Waals surface area contributed by atoms with E-state index in [2.05, 4.69) is 21.7 Å². The number of nitrogens with zero attached hydrogens (tertiary/aromatic N) is 2. The monoisotopic (exact) mass is 294 g/mol. The number of carbonyl (C=O) groups excluding carboxylic acids is 1. The lowest BCUT2D eigenvalue weighted by molar-refractivity contribution is -0.118. The molecule has 0 unspecified atom stereocenters. The number of pyridine rings is 1. The van der Waals surface area contributed by atoms with Gasteiger partial charge < -0.3 is 10.6 Å². The lowest BCUT2D eigenvalue weighted by Crippen LogP contribution is -2.22. The molecule has 0 aliphatic rings. The molecular formula is C17H18N4O. The van der Waals surface area contributed by atoms with Gasteiger partial charge in [0.2, 0.25) is 5.91 Å². The van der Waals surface area contributed by atoms with Gasteiger partial charge in [0.1, 0.15) is 17.5 Å². The van der Waals surface area contributed by atoms with E-state index in [4.69, 9.17) is 0 Å². The summed E-state index contributed by atoms with van der Waals surface area (Å²) in [7, 11) is 0. The van der Waals surface area contributed by atoms with Crippen LogP contribution in [-0.4, -0.2) is 24.0 Å². The highest BCUT2D eigenvalue weighted by atomic mass is 16.1. The molecule has 5 nitrogen and oxygen atoms in total. The number of nitrogens with one attached hydrogen (secondary N) is 2. The van der Waals surface area contributed by atoms with Gasteiger partial charge in [-0.05, 0) is 18.1 Å². The molecule has 0 saturated carbocycles. The second-order valence-corrected chi connectivity index (χ2v) is 4.82. The van der Waals surface area contributed by atoms with E-state index in [0.29, 0.717) is 24.5 Å². The molecule has 0 saturated heterocycles. The Hall–Kier alpha value is -2.87. The summed E-state index contributed by atoms with van der Waals surface area (Å²) in [4.78, 5) is 15.0. The average Bonchev–Trinajstić information content (AvgIpc) is 2.54. The smallest absolute Gasteiger partial charge is 0.216 e. The Morgan fingerprint density at radius 3 is 2.68 bits per heavy atom. The second kappa shape index (κ2) is 7.79. The van der Waals surface area contributed by atoms with E-state index in [1.54, 1.807) is 6.20 Å². The number of amides is 1. The predicted molar refractivity (Wildman–Crippen MR) is 86.2 cm³/mol. The summed E-state index contributed by atoms with van der Waals surface area (Å²) in [5.41, 5.74) is 2.39. The van der Waals surface area contributed by atoms with Gasteiger partial charge in [-0.15, -0.1) is 0 Å². The molecule has 22 heavy (non-hydrogen) atoms. The molecule has 1 heterocycles. The van der Waals surface area contributed by atoms with Crippen LogP contribution in [0.1, 0.15) is 18.9 Å². The number of hydrogen-bond donors (Lipinski definition) is 2. The number of hydrogen-bond acceptors (Lipinski definition) is 4. The fraction of sp³-hybridized carbons (Fsp3) is 0.235. The number of aromatic nitrogens is 1. The maximum absolute atomic E-state index is 10.8. The largest absolute Gasteiger partial charge is 0.369 e. The molecule has 1 aromatic heterocycles. The Morgan fingerprint density at radius 2 is 2.00 bits per heavy atom. The highest BCUT2D eigenvalue weighted by Crippen LogP contribution is 2.26. The number of carbonyl (C=O) groups is 1. The topological polar surface area (TPSA) is 77.8 Å². The molecule has 5 heteroatoms. The van der Waals surface area contributed by atoms with Gasteiger partial charge >= 0.3 is 0 Å². The van der Waals surface area contributed by atoms with E-state index in [1.807, 2.05) is 36.4 Å². The zero-order chi connectivity index (χ0) is 15.8. The van der Waals surface area contributed by atoms with Crippen molar-refractivity contribution in [2.45, 2.75) is 13.3 Å². The van der Waals surface area contributed by atoms with Gasteiger partial charge in [0.05, 0.1) is 0 Å². The number of benzene rings is 1. The molecule has 0 spiro atoms. The summed E-state index contributed by atoms with van der Waals surface area (Å²) >= 11 is 0. The first-order valence-corrected chi connectivity index (χ1v) is 7.15. The summed E-state index contributed by atoms with van der Waals surface area (Å²) in [5.74, 6) is 0.536. The summed E-state index contributed by atoms with van der Waals surface area (Å²) in [6.45, 7) is 2.73. The molecule has 0 atom stereocenters. The molecule has 0 bridgehead atoms. The van der Waals surface area contributed by atoms with Gasteiger partial charge in [-0.1, -0.05) is 30.3 Å². The fourth-order valence-corrected chi connectivity index (χ4v) is 2.13. The molecule has 0 aliphatic heterocycles. The van der Waals surface area contributed by atoms with E-state index in [9.17, 15) is 10.1 Å². The minimum atomic E-state index is -0.0399. The van der Waals surface area contributed by atoms with E-state index in [0.717, 1.165) is 17.5 Å². The van der Waals surface area contributed by atoms with E-state index in [1.165, 1.54) is 6.92 Å². The van der Waals surface area contributed by atoms with Crippen LogP contribution in [0.3, 0.4) is 0 Å². The first-order chi connectivity index (χ1) is 10.7. The summed E-state index contributed by atoms with van der Waals surface area (Å²) < 4.78 is 0. The van der Waals surface area contributed by atoms with Gasteiger partial charge in [0.15, 0.2) is 0 Å². The summed E-state index contributed by atoms with van der Waals surface area (Å²) in [6.07, 6.45) is 2.46. The van der Waals surface area contributed by atoms with Gasteiger partial charge in [-0.3, -0.25) is 4.79 Å². The predicted octanol–water partition coefficient (Wildman–Crippen LogP) is 2.56. The van der Waals surface area contributed by atoms with Crippen molar-refractivity contribution in [1.29, 1.82) is 5.26 Å². The zero-order valence-corrected chi connectivity index (χ0v) is 12.5. The Balaban J connectivity index is 2.09. The lowest BCUT2D eigenvalue weighted by atomic mass is 10.0. The third kappa shape index (κ3) is 4.06. The van der Waals surface area contributed by atoms with Crippen LogP contribution in [0.15, 0.2) is 42.6 Å². The molecule has 2 N–H and O–H groups in total. The normalized spacial score (nSPS) is 9.82. The summed E-state index contributed by atoms with van der Waals surface area (Å²) in [6, 6.07) is 13.8. The number of rotatable bonds is 6. The van der Waals surface area contributed by atoms with Crippen molar-refractivity contribution < 1.29 is 4.79 Å². The van der Waals surface area contributed by atoms with Crippen LogP contribution in [0.25, 0.3) is 11.1 Å². The van der Waals surface area contributed by atoms with Crippen LogP contribution >= 0.6 is 0 Å². The standard InChI is InChI=1S/C17H18N4O/c1-13(22)19-9-5-10-20-17-16(12-18)15(8-11-21-17)14-6-3-2-4-7-14/h2-4,6-8,11H,5,9-10H2,1H3,(H,19,22)(H,20,21). The SMILES string of the molecule is CC(=O)NCCCNc1nccc(-c2ccccc2)c1C#N. The van der Waals surface area contributed by atoms with E-state index < -0.39 is 0 Å². The maximum Gasteiger partial charge on any atom is 0.216 e. The Kier molecular flexibility index (Phi) is 5.50. The van der Waals surface area contributed by atoms with Crippen molar-refractivity contribution in [1.82, 2.24) is 10.3 Å². The van der Waals surface area contributed by atoms with E-state index >= 15 is 0 Å². The molecule has 0 aliphatic carbocycles. The van der Waals surface area contributed by atoms with Crippen molar-refractivity contribution in [3.8, 4) is 17.2 Å². The first kappa shape index (κ1) is 15.5. The average molecular weight is 294 g/mol. The third-order valence-corrected chi connectivity index (χ3v) is 3.17. The Labute approximate surface area is 130 Å². The van der Waals surface area contributed by atoms with Crippen LogP contribution in [0.5, 0.6) is 0 Å². The maximum atomic E-state index is 10.8. The summed E-state index contributed by atoms with van der Waals surface area (Å²) in [5, 5.41) is 15.3. The number of anilines is 1. The highest BCUT2D eigenvalue weighted by molar-refractivity contribution is 5.75. The third-order valence-electron chi connectivity index (χ3n) is 3.17. The van der Waals surface area contributed by atoms with Crippen LogP contribution < -0.4 is 10.6 Å². The molecule has 0 radical (unpaired) electrons.